The fraction of sp³-hybridized carbons (Fsp3) is 0. The normalized spacial score (nSPS) is 10.3. The van der Waals surface area contributed by atoms with Gasteiger partial charge in [-0.15, -0.1) is 0 Å². The summed E-state index contributed by atoms with van der Waals surface area (Å²) in [4.78, 5) is 4.14. The van der Waals surface area contributed by atoms with Gasteiger partial charge in [-0.05, 0) is 56.7 Å². The third kappa shape index (κ3) is 2.86. The number of benzene rings is 1. The molecule has 1 aromatic carbocycles. The van der Waals surface area contributed by atoms with Gasteiger partial charge in [0.25, 0.3) is 0 Å². The van der Waals surface area contributed by atoms with Crippen molar-refractivity contribution in [3.05, 3.63) is 44.3 Å². The molecule has 17 heavy (non-hydrogen) atoms. The molecule has 2 aromatic rings. The van der Waals surface area contributed by atoms with E-state index in [0.717, 1.165) is 4.47 Å². The van der Waals surface area contributed by atoms with E-state index in [4.69, 9.17) is 5.73 Å². The van der Waals surface area contributed by atoms with Crippen molar-refractivity contribution in [1.82, 2.24) is 4.98 Å². The number of nitrogens with zero attached hydrogens (tertiary/aromatic N) is 1. The fourth-order valence-corrected chi connectivity index (χ4v) is 2.23. The monoisotopic (exact) mass is 407 g/mol. The molecule has 0 bridgehead atoms. The topological polar surface area (TPSA) is 50.9 Å². The molecule has 0 aliphatic carbocycles. The summed E-state index contributed by atoms with van der Waals surface area (Å²) < 4.78 is 14.6. The largest absolute Gasteiger partial charge is 0.397 e. The molecule has 1 aromatic heterocycles. The van der Waals surface area contributed by atoms with E-state index in [9.17, 15) is 4.39 Å². The van der Waals surface area contributed by atoms with Crippen LogP contribution in [0.25, 0.3) is 0 Å². The molecule has 0 aliphatic heterocycles. The number of anilines is 3. The molecule has 0 saturated carbocycles. The van der Waals surface area contributed by atoms with Crippen molar-refractivity contribution >= 4 is 55.7 Å². The van der Waals surface area contributed by atoms with E-state index in [1.165, 1.54) is 6.07 Å². The van der Waals surface area contributed by atoms with Crippen molar-refractivity contribution in [2.75, 3.05) is 11.1 Å². The lowest BCUT2D eigenvalue weighted by atomic mass is 10.3. The van der Waals surface area contributed by atoms with Crippen LogP contribution in [0, 0.1) is 9.39 Å². The van der Waals surface area contributed by atoms with Crippen LogP contribution in [0.15, 0.2) is 34.9 Å². The summed E-state index contributed by atoms with van der Waals surface area (Å²) in [6.07, 6.45) is 1.54. The molecule has 0 aliphatic rings. The Morgan fingerprint density at radius 3 is 2.88 bits per heavy atom. The van der Waals surface area contributed by atoms with Crippen molar-refractivity contribution < 1.29 is 4.39 Å². The quantitative estimate of drug-likeness (QED) is 0.742. The first-order valence-corrected chi connectivity index (χ1v) is 6.57. The number of pyridine rings is 1. The Morgan fingerprint density at radius 1 is 1.41 bits per heavy atom. The molecule has 3 N–H and O–H groups in total. The van der Waals surface area contributed by atoms with Crippen LogP contribution in [0.5, 0.6) is 0 Å². The molecule has 88 valence electrons. The highest BCUT2D eigenvalue weighted by atomic mass is 127. The predicted octanol–water partition coefficient (Wildman–Crippen LogP) is 3.91. The van der Waals surface area contributed by atoms with E-state index >= 15 is 0 Å². The Balaban J connectivity index is 2.35. The van der Waals surface area contributed by atoms with Crippen molar-refractivity contribution in [3.8, 4) is 0 Å². The van der Waals surface area contributed by atoms with Crippen LogP contribution in [0.4, 0.5) is 21.6 Å². The van der Waals surface area contributed by atoms with Gasteiger partial charge < -0.3 is 11.1 Å². The van der Waals surface area contributed by atoms with Crippen LogP contribution < -0.4 is 11.1 Å². The fourth-order valence-electron chi connectivity index (χ4n) is 1.27. The maximum absolute atomic E-state index is 13.3. The van der Waals surface area contributed by atoms with E-state index in [1.54, 1.807) is 24.4 Å². The second-order valence-corrected chi connectivity index (χ2v) is 5.26. The number of nitrogen functional groups attached to an aromatic ring is 1. The van der Waals surface area contributed by atoms with Crippen molar-refractivity contribution in [2.45, 2.75) is 0 Å². The summed E-state index contributed by atoms with van der Waals surface area (Å²) in [6, 6.07) is 6.58. The highest BCUT2D eigenvalue weighted by molar-refractivity contribution is 14.1. The van der Waals surface area contributed by atoms with E-state index in [0.29, 0.717) is 20.8 Å². The Morgan fingerprint density at radius 2 is 2.18 bits per heavy atom. The van der Waals surface area contributed by atoms with Gasteiger partial charge >= 0.3 is 0 Å². The molecule has 0 fully saturated rings. The smallest absolute Gasteiger partial charge is 0.144 e. The Bertz CT molecular complexity index is 562. The van der Waals surface area contributed by atoms with Crippen LogP contribution in [0.1, 0.15) is 0 Å². The molecule has 0 spiro atoms. The average molecular weight is 408 g/mol. The third-order valence-corrected chi connectivity index (χ3v) is 3.77. The number of hydrogen-bond donors (Lipinski definition) is 2. The van der Waals surface area contributed by atoms with Gasteiger partial charge in [0.2, 0.25) is 0 Å². The number of nitrogens with two attached hydrogens (primary N) is 1. The van der Waals surface area contributed by atoms with Crippen molar-refractivity contribution in [1.29, 1.82) is 0 Å². The van der Waals surface area contributed by atoms with E-state index in [-0.39, 0.29) is 5.82 Å². The molecule has 0 amide bonds. The number of hydrogen-bond acceptors (Lipinski definition) is 3. The highest BCUT2D eigenvalue weighted by Gasteiger charge is 2.08. The standard InChI is InChI=1S/C11H8BrFIN3/c12-7-4-6(15)5-16-11(7)17-9-3-1-2-8(13)10(9)14/h1-5H,15H2,(H,16,17). The van der Waals surface area contributed by atoms with Gasteiger partial charge in [0, 0.05) is 0 Å². The van der Waals surface area contributed by atoms with Gasteiger partial charge in [-0.25, -0.2) is 9.37 Å². The van der Waals surface area contributed by atoms with E-state index in [1.807, 2.05) is 22.6 Å². The van der Waals surface area contributed by atoms with Crippen molar-refractivity contribution in [2.24, 2.45) is 0 Å². The first-order chi connectivity index (χ1) is 8.08. The maximum atomic E-state index is 13.3. The third-order valence-electron chi connectivity index (χ3n) is 2.07. The molecule has 3 nitrogen and oxygen atoms in total. The number of nitrogens with one attached hydrogen (secondary N) is 1. The first-order valence-electron chi connectivity index (χ1n) is 4.70. The molecular weight excluding hydrogens is 400 g/mol. The average Bonchev–Trinajstić information content (AvgIpc) is 2.28. The zero-order valence-electron chi connectivity index (χ0n) is 8.55. The van der Waals surface area contributed by atoms with Crippen LogP contribution in [0.2, 0.25) is 0 Å². The van der Waals surface area contributed by atoms with Gasteiger partial charge in [-0.1, -0.05) is 6.07 Å². The van der Waals surface area contributed by atoms with Crippen LogP contribution >= 0.6 is 38.5 Å². The molecule has 1 heterocycles. The second kappa shape index (κ2) is 5.18. The Labute approximate surface area is 120 Å². The Kier molecular flexibility index (Phi) is 3.82. The van der Waals surface area contributed by atoms with Gasteiger partial charge in [0.15, 0.2) is 0 Å². The van der Waals surface area contributed by atoms with Gasteiger partial charge in [-0.2, -0.15) is 0 Å². The number of aromatic nitrogens is 1. The lowest BCUT2D eigenvalue weighted by Gasteiger charge is -2.10. The summed E-state index contributed by atoms with van der Waals surface area (Å²) in [7, 11) is 0. The molecule has 0 saturated heterocycles. The lowest BCUT2D eigenvalue weighted by molar-refractivity contribution is 0.621. The van der Waals surface area contributed by atoms with E-state index < -0.39 is 0 Å². The minimum atomic E-state index is -0.262. The summed E-state index contributed by atoms with van der Waals surface area (Å²) in [5, 5.41) is 3.05. The summed E-state index contributed by atoms with van der Waals surface area (Å²) in [6.45, 7) is 0. The lowest BCUT2D eigenvalue weighted by Crippen LogP contribution is -1.99. The first kappa shape index (κ1) is 12.6. The zero-order chi connectivity index (χ0) is 12.4. The van der Waals surface area contributed by atoms with Gasteiger partial charge in [0.05, 0.1) is 25.6 Å². The van der Waals surface area contributed by atoms with Gasteiger partial charge in [-0.3, -0.25) is 0 Å². The summed E-state index contributed by atoms with van der Waals surface area (Å²) >= 11 is 5.29. The van der Waals surface area contributed by atoms with Crippen LogP contribution in [-0.4, -0.2) is 4.98 Å². The van der Waals surface area contributed by atoms with Crippen LogP contribution in [0.3, 0.4) is 0 Å². The SMILES string of the molecule is Nc1cnc(Nc2cccc(F)c2I)c(Br)c1. The minimum absolute atomic E-state index is 0.262. The number of halogens is 3. The zero-order valence-corrected chi connectivity index (χ0v) is 12.3. The van der Waals surface area contributed by atoms with Crippen molar-refractivity contribution in [3.63, 3.8) is 0 Å². The molecular formula is C11H8BrFIN3. The van der Waals surface area contributed by atoms with Gasteiger partial charge in [0.1, 0.15) is 11.6 Å². The molecule has 6 heteroatoms. The molecule has 0 unspecified atom stereocenters. The molecule has 2 rings (SSSR count). The number of rotatable bonds is 2. The second-order valence-electron chi connectivity index (χ2n) is 3.33. The minimum Gasteiger partial charge on any atom is -0.397 e. The highest BCUT2D eigenvalue weighted by Crippen LogP contribution is 2.28. The van der Waals surface area contributed by atoms with E-state index in [2.05, 4.69) is 26.2 Å². The predicted molar refractivity (Wildman–Crippen MR) is 78.7 cm³/mol. The molecule has 0 radical (unpaired) electrons. The summed E-state index contributed by atoms with van der Waals surface area (Å²) in [5.41, 5.74) is 6.83. The summed E-state index contributed by atoms with van der Waals surface area (Å²) in [5.74, 6) is 0.338. The maximum Gasteiger partial charge on any atom is 0.144 e. The molecule has 0 atom stereocenters. The Hall–Kier alpha value is -0.890. The van der Waals surface area contributed by atoms with Crippen LogP contribution in [-0.2, 0) is 0 Å².